The van der Waals surface area contributed by atoms with Crippen LogP contribution >= 0.6 is 0 Å². The minimum Gasteiger partial charge on any atom is -0.314 e. The Morgan fingerprint density at radius 3 is 2.54 bits per heavy atom. The highest BCUT2D eigenvalue weighted by atomic mass is 32.2. The Hall–Kier alpha value is -1.73. The van der Waals surface area contributed by atoms with Crippen molar-refractivity contribution < 1.29 is 8.42 Å². The summed E-state index contributed by atoms with van der Waals surface area (Å²) in [6.45, 7) is 3.00. The summed E-state index contributed by atoms with van der Waals surface area (Å²) in [5, 5.41) is 8.32. The lowest BCUT2D eigenvalue weighted by molar-refractivity contribution is 0.270. The lowest BCUT2D eigenvalue weighted by atomic mass is 10.1. The number of rotatable bonds is 4. The van der Waals surface area contributed by atoms with Crippen LogP contribution in [0.25, 0.3) is 0 Å². The fraction of sp³-hybridized carbons (Fsp3) is 0.529. The number of sulfonamides is 1. The molecule has 0 bridgehead atoms. The average Bonchev–Trinajstić information content (AvgIpc) is 3.32. The minimum absolute atomic E-state index is 0.305. The van der Waals surface area contributed by atoms with E-state index in [-0.39, 0.29) is 0 Å². The Morgan fingerprint density at radius 2 is 1.88 bits per heavy atom. The minimum atomic E-state index is -3.40. The first kappa shape index (κ1) is 15.8. The van der Waals surface area contributed by atoms with E-state index in [2.05, 4.69) is 14.8 Å². The van der Waals surface area contributed by atoms with Crippen molar-refractivity contribution in [3.05, 3.63) is 42.0 Å². The first-order valence-corrected chi connectivity index (χ1v) is 9.96. The second-order valence-corrected chi connectivity index (χ2v) is 8.76. The van der Waals surface area contributed by atoms with E-state index in [1.807, 2.05) is 19.3 Å². The predicted molar refractivity (Wildman–Crippen MR) is 90.2 cm³/mol. The lowest BCUT2D eigenvalue weighted by Crippen LogP contribution is -2.39. The average molecular weight is 346 g/mol. The molecule has 1 aromatic heterocycles. The third-order valence-electron chi connectivity index (χ3n) is 4.99. The molecule has 24 heavy (non-hydrogen) atoms. The largest absolute Gasteiger partial charge is 0.314 e. The molecule has 0 radical (unpaired) electrons. The number of nitrogens with zero attached hydrogens (tertiary/aromatic N) is 4. The molecule has 1 aromatic carbocycles. The quantitative estimate of drug-likeness (QED) is 0.853. The zero-order valence-corrected chi connectivity index (χ0v) is 14.6. The van der Waals surface area contributed by atoms with E-state index in [1.165, 1.54) is 12.8 Å². The molecule has 2 aliphatic rings. The third kappa shape index (κ3) is 2.86. The van der Waals surface area contributed by atoms with Crippen molar-refractivity contribution in [2.75, 3.05) is 13.1 Å². The van der Waals surface area contributed by atoms with Crippen molar-refractivity contribution in [2.45, 2.75) is 49.5 Å². The van der Waals surface area contributed by atoms with Gasteiger partial charge < -0.3 is 4.57 Å². The third-order valence-corrected chi connectivity index (χ3v) is 6.88. The van der Waals surface area contributed by atoms with E-state index in [0.29, 0.717) is 29.9 Å². The molecular weight excluding hydrogens is 324 g/mol. The van der Waals surface area contributed by atoms with Gasteiger partial charge in [-0.25, -0.2) is 8.42 Å². The van der Waals surface area contributed by atoms with Crippen LogP contribution < -0.4 is 0 Å². The van der Waals surface area contributed by atoms with E-state index in [9.17, 15) is 8.42 Å². The molecule has 0 N–H and O–H groups in total. The SMILES string of the molecule is Cc1cccc(S(=O)(=O)N2CCC(n3cnnc3C3CC3)CC2)c1. The van der Waals surface area contributed by atoms with Crippen LogP contribution in [0.15, 0.2) is 35.5 Å². The zero-order valence-electron chi connectivity index (χ0n) is 13.8. The number of aryl methyl sites for hydroxylation is 1. The van der Waals surface area contributed by atoms with Crippen LogP contribution in [0.2, 0.25) is 0 Å². The van der Waals surface area contributed by atoms with Crippen LogP contribution in [-0.4, -0.2) is 40.6 Å². The summed E-state index contributed by atoms with van der Waals surface area (Å²) in [5.41, 5.74) is 0.963. The molecule has 7 heteroatoms. The number of hydrogen-bond donors (Lipinski definition) is 0. The Kier molecular flexibility index (Phi) is 3.92. The van der Waals surface area contributed by atoms with E-state index in [4.69, 9.17) is 0 Å². The van der Waals surface area contributed by atoms with Gasteiger partial charge in [-0.1, -0.05) is 12.1 Å². The topological polar surface area (TPSA) is 68.1 Å². The Balaban J connectivity index is 1.48. The smallest absolute Gasteiger partial charge is 0.243 e. The molecule has 128 valence electrons. The van der Waals surface area contributed by atoms with Gasteiger partial charge in [0.25, 0.3) is 0 Å². The summed E-state index contributed by atoms with van der Waals surface area (Å²) in [7, 11) is -3.40. The molecule has 0 unspecified atom stereocenters. The molecular formula is C17H22N4O2S. The summed E-state index contributed by atoms with van der Waals surface area (Å²) in [6, 6.07) is 7.44. The fourth-order valence-corrected chi connectivity index (χ4v) is 5.03. The van der Waals surface area contributed by atoms with Crippen LogP contribution in [0, 0.1) is 6.92 Å². The Labute approximate surface area is 142 Å². The molecule has 1 saturated heterocycles. The van der Waals surface area contributed by atoms with Crippen molar-refractivity contribution in [1.82, 2.24) is 19.1 Å². The van der Waals surface area contributed by atoms with E-state index >= 15 is 0 Å². The van der Waals surface area contributed by atoms with E-state index < -0.39 is 10.0 Å². The Bertz CT molecular complexity index is 834. The molecule has 1 saturated carbocycles. The Morgan fingerprint density at radius 1 is 1.12 bits per heavy atom. The zero-order chi connectivity index (χ0) is 16.7. The van der Waals surface area contributed by atoms with Crippen LogP contribution in [0.4, 0.5) is 0 Å². The molecule has 4 rings (SSSR count). The normalized spacial score (nSPS) is 20.4. The predicted octanol–water partition coefficient (Wildman–Crippen LogP) is 2.49. The standard InChI is InChI=1S/C17H22N4O2S/c1-13-3-2-4-16(11-13)24(22,23)20-9-7-15(8-10-20)21-12-18-19-17(21)14-5-6-14/h2-4,11-12,14-15H,5-10H2,1H3. The maximum atomic E-state index is 12.8. The highest BCUT2D eigenvalue weighted by Gasteiger charge is 2.34. The van der Waals surface area contributed by atoms with Gasteiger partial charge in [-0.2, -0.15) is 4.31 Å². The molecule has 0 amide bonds. The summed E-state index contributed by atoms with van der Waals surface area (Å²) in [4.78, 5) is 0.393. The van der Waals surface area contributed by atoms with Crippen molar-refractivity contribution in [2.24, 2.45) is 0 Å². The van der Waals surface area contributed by atoms with Gasteiger partial charge in [0.2, 0.25) is 10.0 Å². The molecule has 0 atom stereocenters. The van der Waals surface area contributed by atoms with E-state index in [0.717, 1.165) is 24.2 Å². The highest BCUT2D eigenvalue weighted by Crippen LogP contribution is 2.40. The molecule has 6 nitrogen and oxygen atoms in total. The van der Waals surface area contributed by atoms with Crippen molar-refractivity contribution >= 4 is 10.0 Å². The second kappa shape index (κ2) is 5.97. The van der Waals surface area contributed by atoms with Gasteiger partial charge in [0.15, 0.2) is 0 Å². The molecule has 2 heterocycles. The first-order valence-electron chi connectivity index (χ1n) is 8.52. The van der Waals surface area contributed by atoms with Gasteiger partial charge in [-0.05, 0) is 50.3 Å². The second-order valence-electron chi connectivity index (χ2n) is 6.82. The van der Waals surface area contributed by atoms with Crippen LogP contribution in [0.5, 0.6) is 0 Å². The van der Waals surface area contributed by atoms with Crippen molar-refractivity contribution in [1.29, 1.82) is 0 Å². The number of benzene rings is 1. The molecule has 1 aliphatic heterocycles. The van der Waals surface area contributed by atoms with Gasteiger partial charge in [0.1, 0.15) is 12.2 Å². The number of aromatic nitrogens is 3. The van der Waals surface area contributed by atoms with Gasteiger partial charge >= 0.3 is 0 Å². The fourth-order valence-electron chi connectivity index (χ4n) is 3.45. The van der Waals surface area contributed by atoms with Crippen molar-refractivity contribution in [3.8, 4) is 0 Å². The van der Waals surface area contributed by atoms with Crippen molar-refractivity contribution in [3.63, 3.8) is 0 Å². The van der Waals surface area contributed by atoms with E-state index in [1.54, 1.807) is 22.5 Å². The maximum Gasteiger partial charge on any atom is 0.243 e. The van der Waals surface area contributed by atoms with Gasteiger partial charge in [0.05, 0.1) is 4.90 Å². The first-order chi connectivity index (χ1) is 11.6. The van der Waals surface area contributed by atoms with Crippen LogP contribution in [0.3, 0.4) is 0 Å². The monoisotopic (exact) mass is 346 g/mol. The van der Waals surface area contributed by atoms with Gasteiger partial charge in [-0.15, -0.1) is 10.2 Å². The molecule has 0 spiro atoms. The number of hydrogen-bond acceptors (Lipinski definition) is 4. The van der Waals surface area contributed by atoms with Gasteiger partial charge in [-0.3, -0.25) is 0 Å². The summed E-state index contributed by atoms with van der Waals surface area (Å²) < 4.78 is 29.4. The lowest BCUT2D eigenvalue weighted by Gasteiger charge is -2.32. The maximum absolute atomic E-state index is 12.8. The molecule has 2 fully saturated rings. The summed E-state index contributed by atoms with van der Waals surface area (Å²) in [6.07, 6.45) is 5.81. The number of piperidine rings is 1. The van der Waals surface area contributed by atoms with Gasteiger partial charge in [0, 0.05) is 25.0 Å². The highest BCUT2D eigenvalue weighted by molar-refractivity contribution is 7.89. The summed E-state index contributed by atoms with van der Waals surface area (Å²) >= 11 is 0. The molecule has 1 aliphatic carbocycles. The van der Waals surface area contributed by atoms with Crippen LogP contribution in [-0.2, 0) is 10.0 Å². The van der Waals surface area contributed by atoms with Crippen LogP contribution in [0.1, 0.15) is 49.0 Å². The molecule has 2 aromatic rings. The summed E-state index contributed by atoms with van der Waals surface area (Å²) in [5.74, 6) is 1.64.